The summed E-state index contributed by atoms with van der Waals surface area (Å²) in [4.78, 5) is 29.3. The SMILES string of the molecule is COc1ccc2[nH]cc(C=C(NC(=O)c3ccccc3)C(=O)NCCc3ccc(OC)c(OC)c3)c2c1. The lowest BCUT2D eigenvalue weighted by Crippen LogP contribution is -2.35. The maximum atomic E-state index is 13.2. The molecule has 3 N–H and O–H groups in total. The first-order valence-electron chi connectivity index (χ1n) is 11.7. The summed E-state index contributed by atoms with van der Waals surface area (Å²) in [5.41, 5.74) is 3.18. The van der Waals surface area contributed by atoms with Crippen LogP contribution in [0.3, 0.4) is 0 Å². The predicted octanol–water partition coefficient (Wildman–Crippen LogP) is 4.32. The number of carbonyl (C=O) groups excluding carboxylic acids is 2. The van der Waals surface area contributed by atoms with Gasteiger partial charge in [0.05, 0.1) is 21.3 Å². The average molecular weight is 500 g/mol. The molecule has 0 spiro atoms. The number of benzene rings is 3. The molecular weight excluding hydrogens is 470 g/mol. The molecule has 0 radical (unpaired) electrons. The maximum Gasteiger partial charge on any atom is 0.267 e. The quantitative estimate of drug-likeness (QED) is 0.282. The van der Waals surface area contributed by atoms with Crippen molar-refractivity contribution in [1.29, 1.82) is 0 Å². The normalized spacial score (nSPS) is 11.2. The van der Waals surface area contributed by atoms with Crippen molar-refractivity contribution in [3.05, 3.63) is 95.3 Å². The van der Waals surface area contributed by atoms with E-state index in [0.717, 1.165) is 22.0 Å². The molecule has 4 aromatic rings. The Hall–Kier alpha value is -4.72. The summed E-state index contributed by atoms with van der Waals surface area (Å²) in [5, 5.41) is 6.55. The van der Waals surface area contributed by atoms with Crippen LogP contribution in [0, 0.1) is 0 Å². The highest BCUT2D eigenvalue weighted by Gasteiger charge is 2.16. The third-order valence-electron chi connectivity index (χ3n) is 5.90. The van der Waals surface area contributed by atoms with Crippen LogP contribution >= 0.6 is 0 Å². The molecule has 0 aliphatic rings. The summed E-state index contributed by atoms with van der Waals surface area (Å²) in [6, 6.07) is 20.0. The Balaban J connectivity index is 1.56. The number of ether oxygens (including phenoxy) is 3. The fraction of sp³-hybridized carbons (Fsp3) is 0.172. The number of hydrogen-bond donors (Lipinski definition) is 3. The zero-order valence-electron chi connectivity index (χ0n) is 21.0. The number of aromatic nitrogens is 1. The van der Waals surface area contributed by atoms with E-state index in [1.54, 1.807) is 57.9 Å². The highest BCUT2D eigenvalue weighted by Crippen LogP contribution is 2.28. The van der Waals surface area contributed by atoms with Crippen molar-refractivity contribution in [2.24, 2.45) is 0 Å². The summed E-state index contributed by atoms with van der Waals surface area (Å²) in [7, 11) is 4.76. The molecule has 190 valence electrons. The van der Waals surface area contributed by atoms with Gasteiger partial charge in [0.2, 0.25) is 0 Å². The van der Waals surface area contributed by atoms with E-state index in [-0.39, 0.29) is 11.6 Å². The zero-order valence-corrected chi connectivity index (χ0v) is 21.0. The van der Waals surface area contributed by atoms with Crippen molar-refractivity contribution in [2.45, 2.75) is 6.42 Å². The third kappa shape index (κ3) is 6.10. The monoisotopic (exact) mass is 499 g/mol. The third-order valence-corrected chi connectivity index (χ3v) is 5.90. The molecule has 0 aliphatic carbocycles. The summed E-state index contributed by atoms with van der Waals surface area (Å²) < 4.78 is 16.0. The molecule has 0 fully saturated rings. The smallest absolute Gasteiger partial charge is 0.267 e. The molecule has 0 unspecified atom stereocenters. The molecule has 1 aromatic heterocycles. The van der Waals surface area contributed by atoms with Crippen LogP contribution in [0.5, 0.6) is 17.2 Å². The van der Waals surface area contributed by atoms with Crippen molar-refractivity contribution in [2.75, 3.05) is 27.9 Å². The molecule has 2 amide bonds. The van der Waals surface area contributed by atoms with Gasteiger partial charge in [0, 0.05) is 34.8 Å². The standard InChI is InChI=1S/C29H29N3O5/c1-35-22-10-11-24-23(17-22)21(18-31-24)16-25(32-28(33)20-7-5-4-6-8-20)29(34)30-14-13-19-9-12-26(36-2)27(15-19)37-3/h4-12,15-18,31H,13-14H2,1-3H3,(H,30,34)(H,32,33). The van der Waals surface area contributed by atoms with E-state index in [1.165, 1.54) is 0 Å². The molecule has 0 atom stereocenters. The van der Waals surface area contributed by atoms with Crippen molar-refractivity contribution < 1.29 is 23.8 Å². The molecule has 8 nitrogen and oxygen atoms in total. The number of hydrogen-bond acceptors (Lipinski definition) is 5. The number of nitrogens with one attached hydrogen (secondary N) is 3. The Morgan fingerprint density at radius 1 is 0.892 bits per heavy atom. The van der Waals surface area contributed by atoms with Gasteiger partial charge in [-0.25, -0.2) is 0 Å². The van der Waals surface area contributed by atoms with Gasteiger partial charge in [-0.15, -0.1) is 0 Å². The molecule has 0 saturated heterocycles. The van der Waals surface area contributed by atoms with Crippen LogP contribution in [0.2, 0.25) is 0 Å². The average Bonchev–Trinajstić information content (AvgIpc) is 3.34. The predicted molar refractivity (Wildman–Crippen MR) is 143 cm³/mol. The van der Waals surface area contributed by atoms with Crippen molar-refractivity contribution in [1.82, 2.24) is 15.6 Å². The number of methoxy groups -OCH3 is 3. The van der Waals surface area contributed by atoms with Crippen molar-refractivity contribution in [3.8, 4) is 17.2 Å². The van der Waals surface area contributed by atoms with Gasteiger partial charge in [0.1, 0.15) is 11.4 Å². The van der Waals surface area contributed by atoms with Gasteiger partial charge >= 0.3 is 0 Å². The summed E-state index contributed by atoms with van der Waals surface area (Å²) in [5.74, 6) is 1.17. The van der Waals surface area contributed by atoms with Gasteiger partial charge in [0.15, 0.2) is 11.5 Å². The second kappa shape index (κ2) is 11.8. The minimum atomic E-state index is -0.401. The zero-order chi connectivity index (χ0) is 26.2. The fourth-order valence-corrected chi connectivity index (χ4v) is 3.92. The molecule has 0 saturated carbocycles. The van der Waals surface area contributed by atoms with Gasteiger partial charge < -0.3 is 29.8 Å². The lowest BCUT2D eigenvalue weighted by molar-refractivity contribution is -0.117. The van der Waals surface area contributed by atoms with Crippen LogP contribution < -0.4 is 24.8 Å². The Labute approximate surface area is 215 Å². The van der Waals surface area contributed by atoms with Crippen LogP contribution in [-0.4, -0.2) is 44.7 Å². The topological polar surface area (TPSA) is 102 Å². The van der Waals surface area contributed by atoms with E-state index in [1.807, 2.05) is 42.5 Å². The minimum Gasteiger partial charge on any atom is -0.497 e. The molecular formula is C29H29N3O5. The fourth-order valence-electron chi connectivity index (χ4n) is 3.92. The molecule has 8 heteroatoms. The molecule has 3 aromatic carbocycles. The van der Waals surface area contributed by atoms with Gasteiger partial charge in [-0.3, -0.25) is 9.59 Å². The van der Waals surface area contributed by atoms with Gasteiger partial charge in [0.25, 0.3) is 11.8 Å². The number of rotatable bonds is 10. The number of H-pyrrole nitrogens is 1. The second-order valence-corrected chi connectivity index (χ2v) is 8.23. The molecule has 37 heavy (non-hydrogen) atoms. The van der Waals surface area contributed by atoms with Gasteiger partial charge in [-0.2, -0.15) is 0 Å². The first kappa shape index (κ1) is 25.4. The molecule has 4 rings (SSSR count). The highest BCUT2D eigenvalue weighted by atomic mass is 16.5. The first-order chi connectivity index (χ1) is 18.0. The summed E-state index contributed by atoms with van der Waals surface area (Å²) >= 11 is 0. The van der Waals surface area contributed by atoms with Crippen LogP contribution in [-0.2, 0) is 11.2 Å². The van der Waals surface area contributed by atoms with E-state index < -0.39 is 5.91 Å². The molecule has 0 bridgehead atoms. The second-order valence-electron chi connectivity index (χ2n) is 8.23. The lowest BCUT2D eigenvalue weighted by Gasteiger charge is -2.12. The van der Waals surface area contributed by atoms with E-state index in [0.29, 0.717) is 35.8 Å². The number of amides is 2. The number of carbonyl (C=O) groups is 2. The van der Waals surface area contributed by atoms with E-state index in [4.69, 9.17) is 14.2 Å². The lowest BCUT2D eigenvalue weighted by atomic mass is 10.1. The first-order valence-corrected chi connectivity index (χ1v) is 11.7. The Morgan fingerprint density at radius 2 is 1.68 bits per heavy atom. The Morgan fingerprint density at radius 3 is 2.41 bits per heavy atom. The Kier molecular flexibility index (Phi) is 8.10. The minimum absolute atomic E-state index is 0.130. The van der Waals surface area contributed by atoms with Gasteiger partial charge in [-0.1, -0.05) is 24.3 Å². The Bertz CT molecular complexity index is 1430. The molecule has 1 heterocycles. The van der Waals surface area contributed by atoms with Crippen LogP contribution in [0.25, 0.3) is 17.0 Å². The highest BCUT2D eigenvalue weighted by molar-refractivity contribution is 6.06. The van der Waals surface area contributed by atoms with Crippen LogP contribution in [0.15, 0.2) is 78.6 Å². The number of aromatic amines is 1. The largest absolute Gasteiger partial charge is 0.497 e. The van der Waals surface area contributed by atoms with E-state index >= 15 is 0 Å². The maximum absolute atomic E-state index is 13.2. The summed E-state index contributed by atoms with van der Waals surface area (Å²) in [6.07, 6.45) is 4.01. The van der Waals surface area contributed by atoms with Crippen LogP contribution in [0.4, 0.5) is 0 Å². The van der Waals surface area contributed by atoms with Gasteiger partial charge in [-0.05, 0) is 60.5 Å². The van der Waals surface area contributed by atoms with Crippen molar-refractivity contribution >= 4 is 28.8 Å². The number of fused-ring (bicyclic) bond motifs is 1. The molecule has 0 aliphatic heterocycles. The summed E-state index contributed by atoms with van der Waals surface area (Å²) in [6.45, 7) is 0.356. The van der Waals surface area contributed by atoms with Crippen molar-refractivity contribution in [3.63, 3.8) is 0 Å². The van der Waals surface area contributed by atoms with E-state index in [9.17, 15) is 9.59 Å². The van der Waals surface area contributed by atoms with Crippen LogP contribution in [0.1, 0.15) is 21.5 Å². The van der Waals surface area contributed by atoms with E-state index in [2.05, 4.69) is 15.6 Å².